The number of para-hydroxylation sites is 1. The van der Waals surface area contributed by atoms with E-state index in [1.807, 2.05) is 31.2 Å². The van der Waals surface area contributed by atoms with Crippen LogP contribution in [-0.2, 0) is 57.6 Å². The number of carbonyl (C=O) groups is 8. The van der Waals surface area contributed by atoms with Gasteiger partial charge in [-0.1, -0.05) is 68.3 Å². The van der Waals surface area contributed by atoms with Gasteiger partial charge in [0.1, 0.15) is 30.2 Å². The molecule has 2 heterocycles. The summed E-state index contributed by atoms with van der Waals surface area (Å²) >= 11 is 0. The summed E-state index contributed by atoms with van der Waals surface area (Å²) in [4.78, 5) is 117. The third-order valence-corrected chi connectivity index (χ3v) is 10.6. The quantitative estimate of drug-likeness (QED) is 0.0193. The Morgan fingerprint density at radius 3 is 2.03 bits per heavy atom. The smallest absolute Gasteiger partial charge is 0.245 e. The number of fused-ring (bicyclic) bond motifs is 1. The Kier molecular flexibility index (Phi) is 20.3. The summed E-state index contributed by atoms with van der Waals surface area (Å²) in [6.45, 7) is 2.34. The highest BCUT2D eigenvalue weighted by atomic mass is 16.2. The molecule has 0 aliphatic rings. The van der Waals surface area contributed by atoms with Gasteiger partial charge in [-0.05, 0) is 36.5 Å². The van der Waals surface area contributed by atoms with E-state index in [2.05, 4.69) is 52.2 Å². The lowest BCUT2D eigenvalue weighted by atomic mass is 10.0. The van der Waals surface area contributed by atoms with Gasteiger partial charge in [-0.15, -0.1) is 0 Å². The molecule has 0 saturated carbocycles. The Morgan fingerprint density at radius 1 is 0.716 bits per heavy atom. The average molecular weight is 927 g/mol. The lowest BCUT2D eigenvalue weighted by Crippen LogP contribution is -2.59. The maximum Gasteiger partial charge on any atom is 0.245 e. The van der Waals surface area contributed by atoms with Crippen molar-refractivity contribution in [3.05, 3.63) is 90.1 Å². The van der Waals surface area contributed by atoms with Gasteiger partial charge in [0.25, 0.3) is 0 Å². The van der Waals surface area contributed by atoms with Crippen LogP contribution in [0.4, 0.5) is 0 Å². The number of imidazole rings is 1. The summed E-state index contributed by atoms with van der Waals surface area (Å²) in [5, 5.41) is 26.8. The van der Waals surface area contributed by atoms with Crippen LogP contribution in [0, 0.1) is 5.41 Å². The second kappa shape index (κ2) is 26.2. The number of rotatable bonds is 27. The van der Waals surface area contributed by atoms with Gasteiger partial charge < -0.3 is 63.6 Å². The van der Waals surface area contributed by atoms with Crippen LogP contribution in [-0.4, -0.2) is 130 Å². The number of aromatic amines is 2. The first-order valence-corrected chi connectivity index (χ1v) is 22.0. The fourth-order valence-electron chi connectivity index (χ4n) is 7.21. The monoisotopic (exact) mass is 926 g/mol. The molecule has 2 aromatic carbocycles. The molecule has 67 heavy (non-hydrogen) atoms. The maximum atomic E-state index is 14.3. The van der Waals surface area contributed by atoms with Crippen LogP contribution in [0.3, 0.4) is 0 Å². The molecule has 0 aliphatic heterocycles. The van der Waals surface area contributed by atoms with Gasteiger partial charge in [0, 0.05) is 63.1 Å². The second-order valence-electron chi connectivity index (χ2n) is 16.1. The van der Waals surface area contributed by atoms with Gasteiger partial charge in [0.05, 0.1) is 25.1 Å². The van der Waals surface area contributed by atoms with E-state index in [-0.39, 0.29) is 44.6 Å². The van der Waals surface area contributed by atoms with Gasteiger partial charge >= 0.3 is 0 Å². The molecule has 0 unspecified atom stereocenters. The van der Waals surface area contributed by atoms with Crippen LogP contribution in [0.15, 0.2) is 73.3 Å². The highest BCUT2D eigenvalue weighted by molar-refractivity contribution is 5.97. The van der Waals surface area contributed by atoms with Crippen LogP contribution in [0.2, 0.25) is 0 Å². The van der Waals surface area contributed by atoms with E-state index in [1.165, 1.54) is 26.5 Å². The standard InChI is InChI=1S/C45H62N14O8/c1-4-5-15-33(54-27(2)60)41(64)52-24-38(61)56-37(21-30-23-49-26-53-30)43(66)58-36(19-28-12-7-6-8-13-28)42(65)57-34(17-11-18-50-45(47)48)44(67)59(3)25-39(62)55-35(40(46)63)20-29-22-51-32-16-10-9-14-31(29)32/h6-10,12-14,16,22-23,26,33-37,51H,4-5,11,15,17-21,24-25H2,1-3H3,(H2,46,63)(H,49,53)(H,52,64)(H,54,60)(H,55,62)(H,56,61)(H,57,65)(H,58,66)(H4,47,48,50)/t33-,34-,35-,36+,37-/m0/s1. The van der Waals surface area contributed by atoms with Crippen molar-refractivity contribution >= 4 is 64.1 Å². The SMILES string of the molecule is CCCC[C@H](NC(C)=O)C(=O)NCC(=O)N[C@@H](Cc1c[nH]cn1)C(=O)N[C@H](Cc1ccccc1)C(=O)N[C@@H](CCCNC(=N)N)C(=O)N(C)CC(=O)N[C@@H](Cc1c[nH]c2ccccc12)C(N)=O. The Morgan fingerprint density at radius 2 is 1.37 bits per heavy atom. The van der Waals surface area contributed by atoms with Crippen molar-refractivity contribution in [3.8, 4) is 0 Å². The van der Waals surface area contributed by atoms with Crippen molar-refractivity contribution in [1.29, 1.82) is 5.41 Å². The Balaban J connectivity index is 1.51. The highest BCUT2D eigenvalue weighted by Gasteiger charge is 2.32. The third-order valence-electron chi connectivity index (χ3n) is 10.6. The largest absolute Gasteiger partial charge is 0.370 e. The first-order chi connectivity index (χ1) is 32.0. The molecule has 0 bridgehead atoms. The van der Waals surface area contributed by atoms with Crippen LogP contribution < -0.4 is 48.7 Å². The van der Waals surface area contributed by atoms with Gasteiger partial charge in [-0.2, -0.15) is 0 Å². The number of nitrogens with zero attached hydrogens (tertiary/aromatic N) is 2. The van der Waals surface area contributed by atoms with Crippen molar-refractivity contribution in [2.45, 2.75) is 95.4 Å². The Hall–Kier alpha value is -7.78. The number of guanidine groups is 1. The molecule has 2 aromatic heterocycles. The van der Waals surface area contributed by atoms with Gasteiger partial charge in [-0.3, -0.25) is 43.8 Å². The van der Waals surface area contributed by atoms with E-state index in [4.69, 9.17) is 16.9 Å². The lowest BCUT2D eigenvalue weighted by molar-refractivity contribution is -0.139. The zero-order valence-corrected chi connectivity index (χ0v) is 37.9. The van der Waals surface area contributed by atoms with Gasteiger partial charge in [0.2, 0.25) is 47.3 Å². The normalized spacial score (nSPS) is 13.1. The number of amides is 8. The van der Waals surface area contributed by atoms with Crippen LogP contribution >= 0.6 is 0 Å². The number of unbranched alkanes of at least 4 members (excludes halogenated alkanes) is 1. The summed E-state index contributed by atoms with van der Waals surface area (Å²) < 4.78 is 0. The molecule has 0 fully saturated rings. The zero-order valence-electron chi connectivity index (χ0n) is 37.9. The van der Waals surface area contributed by atoms with Crippen molar-refractivity contribution in [2.75, 3.05) is 26.7 Å². The first-order valence-electron chi connectivity index (χ1n) is 22.0. The van der Waals surface area contributed by atoms with Crippen molar-refractivity contribution in [2.24, 2.45) is 11.5 Å². The van der Waals surface area contributed by atoms with Crippen molar-refractivity contribution in [1.82, 2.24) is 57.1 Å². The molecule has 22 nitrogen and oxygen atoms in total. The van der Waals surface area contributed by atoms with Crippen LogP contribution in [0.25, 0.3) is 10.9 Å². The summed E-state index contributed by atoms with van der Waals surface area (Å²) in [6, 6.07) is 10.4. The van der Waals surface area contributed by atoms with E-state index < -0.39 is 90.6 Å². The Bertz CT molecular complexity index is 2320. The number of nitrogens with two attached hydrogens (primary N) is 2. The third kappa shape index (κ3) is 17.3. The Labute approximate surface area is 387 Å². The topological polar surface area (TPSA) is 344 Å². The molecule has 0 saturated heterocycles. The van der Waals surface area contributed by atoms with Crippen LogP contribution in [0.1, 0.15) is 62.8 Å². The molecule has 0 radical (unpaired) electrons. The van der Waals surface area contributed by atoms with Gasteiger partial charge in [-0.25, -0.2) is 4.98 Å². The fraction of sp³-hybridized carbons (Fsp3) is 0.422. The number of primary amides is 1. The minimum Gasteiger partial charge on any atom is -0.370 e. The second-order valence-corrected chi connectivity index (χ2v) is 16.1. The molecule has 22 heteroatoms. The molecule has 360 valence electrons. The lowest BCUT2D eigenvalue weighted by Gasteiger charge is -2.28. The van der Waals surface area contributed by atoms with Crippen LogP contribution in [0.5, 0.6) is 0 Å². The van der Waals surface area contributed by atoms with E-state index in [9.17, 15) is 38.4 Å². The van der Waals surface area contributed by atoms with Crippen molar-refractivity contribution < 1.29 is 38.4 Å². The predicted octanol–water partition coefficient (Wildman–Crippen LogP) is -1.12. The fourth-order valence-corrected chi connectivity index (χ4v) is 7.21. The maximum absolute atomic E-state index is 14.3. The number of carbonyl (C=O) groups excluding carboxylic acids is 8. The minimum absolute atomic E-state index is 0.0120. The molecule has 4 aromatic rings. The molecule has 14 N–H and O–H groups in total. The summed E-state index contributed by atoms with van der Waals surface area (Å²) in [5.41, 5.74) is 13.8. The number of benzene rings is 2. The summed E-state index contributed by atoms with van der Waals surface area (Å²) in [7, 11) is 1.35. The van der Waals surface area contributed by atoms with E-state index in [1.54, 1.807) is 36.5 Å². The number of aromatic nitrogens is 3. The average Bonchev–Trinajstić information content (AvgIpc) is 3.97. The minimum atomic E-state index is -1.31. The molecule has 8 amide bonds. The van der Waals surface area contributed by atoms with E-state index in [0.717, 1.165) is 27.8 Å². The molecule has 0 aliphatic carbocycles. The number of hydrogen-bond donors (Lipinski definition) is 12. The predicted molar refractivity (Wildman–Crippen MR) is 248 cm³/mol. The summed E-state index contributed by atoms with van der Waals surface area (Å²) in [6.07, 6.45) is 6.60. The highest BCUT2D eigenvalue weighted by Crippen LogP contribution is 2.19. The number of nitrogens with one attached hydrogen (secondary N) is 10. The zero-order chi connectivity index (χ0) is 48.9. The molecular formula is C45H62N14O8. The molecule has 5 atom stereocenters. The number of hydrogen-bond acceptors (Lipinski definition) is 10. The summed E-state index contributed by atoms with van der Waals surface area (Å²) in [5.74, 6) is -5.72. The molecule has 0 spiro atoms. The van der Waals surface area contributed by atoms with Gasteiger partial charge in [0.15, 0.2) is 5.96 Å². The molecule has 4 rings (SSSR count). The first kappa shape index (κ1) is 51.9. The number of likely N-dealkylation sites (N-methyl/N-ethyl adjacent to an activating group) is 1. The van der Waals surface area contributed by atoms with Crippen molar-refractivity contribution in [3.63, 3.8) is 0 Å². The van der Waals surface area contributed by atoms with E-state index >= 15 is 0 Å². The molecular weight excluding hydrogens is 865 g/mol. The number of H-pyrrole nitrogens is 2. The van der Waals surface area contributed by atoms with E-state index in [0.29, 0.717) is 24.1 Å².